The number of rotatable bonds is 6. The lowest BCUT2D eigenvalue weighted by Crippen LogP contribution is -2.06. The number of aromatic nitrogens is 5. The van der Waals surface area contributed by atoms with E-state index >= 15 is 0 Å². The van der Waals surface area contributed by atoms with Gasteiger partial charge in [-0.25, -0.2) is 0 Å². The van der Waals surface area contributed by atoms with Crippen LogP contribution in [0.15, 0.2) is 18.6 Å². The summed E-state index contributed by atoms with van der Waals surface area (Å²) in [5.74, 6) is 0. The van der Waals surface area contributed by atoms with E-state index in [2.05, 4.69) is 22.3 Å². The summed E-state index contributed by atoms with van der Waals surface area (Å²) < 4.78 is 3.74. The van der Waals surface area contributed by atoms with Gasteiger partial charge in [0.1, 0.15) is 5.69 Å². The summed E-state index contributed by atoms with van der Waals surface area (Å²) in [5, 5.41) is 12.5. The van der Waals surface area contributed by atoms with Crippen molar-refractivity contribution in [2.75, 3.05) is 6.54 Å². The molecule has 0 aliphatic heterocycles. The van der Waals surface area contributed by atoms with E-state index in [9.17, 15) is 0 Å². The van der Waals surface area contributed by atoms with Gasteiger partial charge in [0.15, 0.2) is 0 Å². The van der Waals surface area contributed by atoms with Crippen molar-refractivity contribution < 1.29 is 0 Å². The summed E-state index contributed by atoms with van der Waals surface area (Å²) in [6, 6.07) is 0. The molecule has 0 aliphatic carbocycles. The van der Waals surface area contributed by atoms with Crippen molar-refractivity contribution in [1.29, 1.82) is 0 Å². The summed E-state index contributed by atoms with van der Waals surface area (Å²) >= 11 is 0. The summed E-state index contributed by atoms with van der Waals surface area (Å²) in [5.41, 5.74) is 7.33. The second kappa shape index (κ2) is 5.58. The fourth-order valence-corrected chi connectivity index (χ4v) is 1.64. The smallest absolute Gasteiger partial charge is 0.116 e. The Morgan fingerprint density at radius 2 is 2.12 bits per heavy atom. The zero-order chi connectivity index (χ0) is 12.1. The van der Waals surface area contributed by atoms with Crippen molar-refractivity contribution in [3.05, 3.63) is 18.6 Å². The first-order valence-electron chi connectivity index (χ1n) is 5.96. The first-order chi connectivity index (χ1) is 8.33. The third-order valence-corrected chi connectivity index (χ3v) is 2.51. The largest absolute Gasteiger partial charge is 0.330 e. The predicted molar refractivity (Wildman–Crippen MR) is 65.2 cm³/mol. The minimum Gasteiger partial charge on any atom is -0.330 e. The minimum absolute atomic E-state index is 0.670. The number of hydrogen-bond donors (Lipinski definition) is 1. The van der Waals surface area contributed by atoms with Gasteiger partial charge in [-0.1, -0.05) is 12.1 Å². The van der Waals surface area contributed by atoms with Crippen LogP contribution < -0.4 is 5.73 Å². The molecular weight excluding hydrogens is 216 g/mol. The molecular formula is C11H18N6. The molecule has 0 fully saturated rings. The van der Waals surface area contributed by atoms with Crippen LogP contribution in [0.4, 0.5) is 0 Å². The summed E-state index contributed by atoms with van der Waals surface area (Å²) in [6.07, 6.45) is 7.75. The van der Waals surface area contributed by atoms with E-state index in [0.29, 0.717) is 6.54 Å². The standard InChI is InChI=1S/C11H18N6/c1-2-5-16-8-10(7-13-16)11-9-17(15-14-11)6-3-4-12/h7-9H,2-6,12H2,1H3. The van der Waals surface area contributed by atoms with E-state index in [-0.39, 0.29) is 0 Å². The monoisotopic (exact) mass is 234 g/mol. The van der Waals surface area contributed by atoms with E-state index in [0.717, 1.165) is 37.2 Å². The molecule has 0 spiro atoms. The molecule has 2 aromatic heterocycles. The van der Waals surface area contributed by atoms with Gasteiger partial charge in [0, 0.05) is 24.8 Å². The maximum absolute atomic E-state index is 5.46. The van der Waals surface area contributed by atoms with Crippen molar-refractivity contribution >= 4 is 0 Å². The number of nitrogens with zero attached hydrogens (tertiary/aromatic N) is 5. The lowest BCUT2D eigenvalue weighted by molar-refractivity contribution is 0.564. The summed E-state index contributed by atoms with van der Waals surface area (Å²) in [4.78, 5) is 0. The maximum Gasteiger partial charge on any atom is 0.116 e. The summed E-state index contributed by atoms with van der Waals surface area (Å²) in [7, 11) is 0. The van der Waals surface area contributed by atoms with Crippen molar-refractivity contribution in [2.24, 2.45) is 5.73 Å². The highest BCUT2D eigenvalue weighted by molar-refractivity contribution is 5.54. The van der Waals surface area contributed by atoms with Crippen molar-refractivity contribution in [3.8, 4) is 11.3 Å². The average Bonchev–Trinajstić information content (AvgIpc) is 2.95. The van der Waals surface area contributed by atoms with Crippen LogP contribution in [0.2, 0.25) is 0 Å². The van der Waals surface area contributed by atoms with Gasteiger partial charge in [0.2, 0.25) is 0 Å². The Bertz CT molecular complexity index is 458. The normalized spacial score (nSPS) is 10.9. The van der Waals surface area contributed by atoms with E-state index < -0.39 is 0 Å². The molecule has 92 valence electrons. The molecule has 2 heterocycles. The molecule has 0 bridgehead atoms. The van der Waals surface area contributed by atoms with Crippen LogP contribution in [0.3, 0.4) is 0 Å². The van der Waals surface area contributed by atoms with Crippen molar-refractivity contribution in [1.82, 2.24) is 24.8 Å². The molecule has 6 heteroatoms. The minimum atomic E-state index is 0.670. The second-order valence-electron chi connectivity index (χ2n) is 4.00. The van der Waals surface area contributed by atoms with Crippen LogP contribution in [-0.4, -0.2) is 31.3 Å². The third-order valence-electron chi connectivity index (χ3n) is 2.51. The van der Waals surface area contributed by atoms with Gasteiger partial charge >= 0.3 is 0 Å². The SMILES string of the molecule is CCCn1cc(-c2cn(CCCN)nn2)cn1. The molecule has 17 heavy (non-hydrogen) atoms. The van der Waals surface area contributed by atoms with Gasteiger partial charge in [-0.15, -0.1) is 5.10 Å². The third kappa shape index (κ3) is 2.91. The highest BCUT2D eigenvalue weighted by Gasteiger charge is 2.06. The van der Waals surface area contributed by atoms with Crippen molar-refractivity contribution in [3.63, 3.8) is 0 Å². The van der Waals surface area contributed by atoms with Crippen LogP contribution in [-0.2, 0) is 13.1 Å². The molecule has 0 saturated carbocycles. The number of nitrogens with two attached hydrogens (primary N) is 1. The Balaban J connectivity index is 2.07. The molecule has 0 saturated heterocycles. The molecule has 2 N–H and O–H groups in total. The lowest BCUT2D eigenvalue weighted by Gasteiger charge is -1.95. The van der Waals surface area contributed by atoms with E-state index in [1.807, 2.05) is 28.0 Å². The Labute approximate surface area is 100 Å². The van der Waals surface area contributed by atoms with Gasteiger partial charge in [0.05, 0.1) is 12.4 Å². The molecule has 0 amide bonds. The molecule has 0 aliphatic rings. The topological polar surface area (TPSA) is 74.5 Å². The van der Waals surface area contributed by atoms with Gasteiger partial charge < -0.3 is 5.73 Å². The highest BCUT2D eigenvalue weighted by Crippen LogP contribution is 2.14. The zero-order valence-electron chi connectivity index (χ0n) is 10.1. The van der Waals surface area contributed by atoms with Crippen LogP contribution in [0.5, 0.6) is 0 Å². The van der Waals surface area contributed by atoms with Crippen LogP contribution in [0.25, 0.3) is 11.3 Å². The maximum atomic E-state index is 5.46. The van der Waals surface area contributed by atoms with E-state index in [1.165, 1.54) is 0 Å². The Morgan fingerprint density at radius 3 is 2.88 bits per heavy atom. The molecule has 0 unspecified atom stereocenters. The van der Waals surface area contributed by atoms with Crippen LogP contribution in [0, 0.1) is 0 Å². The van der Waals surface area contributed by atoms with Crippen LogP contribution >= 0.6 is 0 Å². The van der Waals surface area contributed by atoms with Gasteiger partial charge in [0.25, 0.3) is 0 Å². The highest BCUT2D eigenvalue weighted by atomic mass is 15.4. The molecule has 0 atom stereocenters. The van der Waals surface area contributed by atoms with Gasteiger partial charge in [-0.3, -0.25) is 9.36 Å². The molecule has 2 aromatic rings. The van der Waals surface area contributed by atoms with E-state index in [1.54, 1.807) is 0 Å². The molecule has 6 nitrogen and oxygen atoms in total. The van der Waals surface area contributed by atoms with E-state index in [4.69, 9.17) is 5.73 Å². The Kier molecular flexibility index (Phi) is 3.87. The second-order valence-corrected chi connectivity index (χ2v) is 4.00. The predicted octanol–water partition coefficient (Wildman–Crippen LogP) is 0.900. The quantitative estimate of drug-likeness (QED) is 0.805. The Morgan fingerprint density at radius 1 is 1.24 bits per heavy atom. The summed E-state index contributed by atoms with van der Waals surface area (Å²) in [6.45, 7) is 4.54. The molecule has 2 rings (SSSR count). The first-order valence-corrected chi connectivity index (χ1v) is 5.96. The first kappa shape index (κ1) is 11.8. The van der Waals surface area contributed by atoms with Crippen LogP contribution in [0.1, 0.15) is 19.8 Å². The molecule has 0 radical (unpaired) electrons. The van der Waals surface area contributed by atoms with Gasteiger partial charge in [-0.05, 0) is 19.4 Å². The van der Waals surface area contributed by atoms with Crippen molar-refractivity contribution in [2.45, 2.75) is 32.9 Å². The fraction of sp³-hybridized carbons (Fsp3) is 0.545. The number of hydrogen-bond acceptors (Lipinski definition) is 4. The molecule has 0 aromatic carbocycles. The van der Waals surface area contributed by atoms with Gasteiger partial charge in [-0.2, -0.15) is 5.10 Å². The average molecular weight is 234 g/mol. The zero-order valence-corrected chi connectivity index (χ0v) is 10.1. The Hall–Kier alpha value is -1.69. The lowest BCUT2D eigenvalue weighted by atomic mass is 10.3. The fourth-order valence-electron chi connectivity index (χ4n) is 1.64. The number of aryl methyl sites for hydroxylation is 2.